The Labute approximate surface area is 264 Å². The van der Waals surface area contributed by atoms with Crippen LogP contribution in [0.15, 0.2) is 0 Å². The molecule has 0 aliphatic rings. The van der Waals surface area contributed by atoms with Gasteiger partial charge in [0.1, 0.15) is 12.1 Å². The fraction of sp³-hybridized carbons (Fsp3) is 0.848. The first-order valence-corrected chi connectivity index (χ1v) is 16.8. The molecule has 3 atom stereocenters. The highest BCUT2D eigenvalue weighted by Crippen LogP contribution is 2.19. The number of carbonyl (C=O) groups excluding carboxylic acids is 5. The lowest BCUT2D eigenvalue weighted by molar-refractivity contribution is -0.155. The van der Waals surface area contributed by atoms with Gasteiger partial charge < -0.3 is 23.7 Å². The van der Waals surface area contributed by atoms with Crippen LogP contribution in [-0.4, -0.2) is 75.0 Å². The van der Waals surface area contributed by atoms with Crippen LogP contribution in [0.25, 0.3) is 0 Å². The zero-order valence-electron chi connectivity index (χ0n) is 28.0. The Morgan fingerprint density at radius 2 is 0.932 bits per heavy atom. The summed E-state index contributed by atoms with van der Waals surface area (Å²) in [5.41, 5.74) is 0. The van der Waals surface area contributed by atoms with Crippen LogP contribution in [0.5, 0.6) is 0 Å². The molecule has 11 heteroatoms. The van der Waals surface area contributed by atoms with Crippen molar-refractivity contribution in [2.75, 3.05) is 33.0 Å². The van der Waals surface area contributed by atoms with Gasteiger partial charge in [-0.3, -0.25) is 29.3 Å². The maximum Gasteiger partial charge on any atom is 0.323 e. The van der Waals surface area contributed by atoms with Gasteiger partial charge in [-0.1, -0.05) is 72.6 Å². The van der Waals surface area contributed by atoms with Gasteiger partial charge in [0.15, 0.2) is 0 Å². The van der Waals surface area contributed by atoms with Crippen LogP contribution in [0.3, 0.4) is 0 Å². The molecule has 1 N–H and O–H groups in total. The number of rotatable bonds is 28. The summed E-state index contributed by atoms with van der Waals surface area (Å²) in [7, 11) is 0. The van der Waals surface area contributed by atoms with Crippen molar-refractivity contribution in [1.82, 2.24) is 5.32 Å². The van der Waals surface area contributed by atoms with E-state index < -0.39 is 47.8 Å². The summed E-state index contributed by atoms with van der Waals surface area (Å²) in [4.78, 5) is 63.1. The first-order valence-electron chi connectivity index (χ1n) is 16.8. The molecule has 256 valence electrons. The van der Waals surface area contributed by atoms with Crippen molar-refractivity contribution >= 4 is 29.8 Å². The molecule has 0 aromatic carbocycles. The molecule has 0 bridgehead atoms. The van der Waals surface area contributed by atoms with E-state index in [-0.39, 0.29) is 32.7 Å². The Balaban J connectivity index is 5.27. The lowest BCUT2D eigenvalue weighted by atomic mass is 9.96. The van der Waals surface area contributed by atoms with Crippen LogP contribution in [0.1, 0.15) is 131 Å². The van der Waals surface area contributed by atoms with Crippen LogP contribution in [0, 0.1) is 5.92 Å². The van der Waals surface area contributed by atoms with E-state index in [0.29, 0.717) is 58.2 Å². The molecule has 0 radical (unpaired) electrons. The topological polar surface area (TPSA) is 144 Å². The second-order valence-corrected chi connectivity index (χ2v) is 11.0. The third kappa shape index (κ3) is 21.1. The van der Waals surface area contributed by atoms with Gasteiger partial charge in [-0.25, -0.2) is 0 Å². The average Bonchev–Trinajstić information content (AvgIpc) is 2.99. The maximum absolute atomic E-state index is 12.9. The minimum absolute atomic E-state index is 0.0299. The van der Waals surface area contributed by atoms with Gasteiger partial charge in [0.2, 0.25) is 0 Å². The Morgan fingerprint density at radius 1 is 0.477 bits per heavy atom. The molecular weight excluding hydrogens is 570 g/mol. The maximum atomic E-state index is 12.9. The van der Waals surface area contributed by atoms with E-state index in [1.54, 1.807) is 6.92 Å². The Kier molecular flexibility index (Phi) is 26.1. The van der Waals surface area contributed by atoms with Crippen molar-refractivity contribution < 1.29 is 47.7 Å². The van der Waals surface area contributed by atoms with Gasteiger partial charge in [-0.15, -0.1) is 0 Å². The summed E-state index contributed by atoms with van der Waals surface area (Å²) >= 11 is 0. The van der Waals surface area contributed by atoms with Gasteiger partial charge >= 0.3 is 29.8 Å². The van der Waals surface area contributed by atoms with Crippen molar-refractivity contribution in [1.29, 1.82) is 0 Å². The highest BCUT2D eigenvalue weighted by molar-refractivity contribution is 5.84. The van der Waals surface area contributed by atoms with Crippen molar-refractivity contribution in [2.24, 2.45) is 5.92 Å². The Bertz CT molecular complexity index is 803. The summed E-state index contributed by atoms with van der Waals surface area (Å²) in [6.45, 7) is 11.0. The van der Waals surface area contributed by atoms with Gasteiger partial charge in [0.05, 0.1) is 51.8 Å². The molecule has 11 nitrogen and oxygen atoms in total. The molecule has 0 rings (SSSR count). The Hall–Kier alpha value is -2.69. The van der Waals surface area contributed by atoms with Crippen LogP contribution >= 0.6 is 0 Å². The molecule has 0 aliphatic carbocycles. The number of nitrogens with one attached hydrogen (secondary N) is 1. The zero-order valence-corrected chi connectivity index (χ0v) is 28.0. The molecule has 3 unspecified atom stereocenters. The zero-order chi connectivity index (χ0) is 33.0. The van der Waals surface area contributed by atoms with E-state index in [2.05, 4.69) is 5.32 Å². The van der Waals surface area contributed by atoms with Gasteiger partial charge in [-0.2, -0.15) is 0 Å². The molecule has 0 heterocycles. The fourth-order valence-corrected chi connectivity index (χ4v) is 4.18. The monoisotopic (exact) mass is 629 g/mol. The highest BCUT2D eigenvalue weighted by Gasteiger charge is 2.31. The summed E-state index contributed by atoms with van der Waals surface area (Å²) < 4.78 is 26.5. The van der Waals surface area contributed by atoms with E-state index >= 15 is 0 Å². The number of carbonyl (C=O) groups is 5. The molecule has 0 amide bonds. The standard InChI is InChI=1S/C33H59NO10/c1-6-11-20-41-29(35)24-26(31(37)43-22-13-8-3)18-16-15-17-19-27(32(38)40-10-5)34-28(33(39)44-23-14-9-4)25-30(36)42-21-12-7-2/h26-28,34H,6-25H2,1-5H3. The summed E-state index contributed by atoms with van der Waals surface area (Å²) in [5.74, 6) is -3.09. The molecule has 0 fully saturated rings. The number of unbranched alkanes of at least 4 members (excludes halogenated alkanes) is 6. The first kappa shape index (κ1) is 41.3. The van der Waals surface area contributed by atoms with Crippen LogP contribution in [-0.2, 0) is 47.7 Å². The summed E-state index contributed by atoms with van der Waals surface area (Å²) in [5, 5.41) is 3.00. The number of ether oxygens (including phenoxy) is 5. The quantitative estimate of drug-likeness (QED) is 0.0656. The SMILES string of the molecule is CCCCOC(=O)CC(CCCCCC(NC(CC(=O)OCCCC)C(=O)OCCCC)C(=O)OCC)C(=O)OCCCC. The first-order chi connectivity index (χ1) is 21.2. The molecule has 0 saturated heterocycles. The van der Waals surface area contributed by atoms with Gasteiger partial charge in [0, 0.05) is 0 Å². The van der Waals surface area contributed by atoms with E-state index in [9.17, 15) is 24.0 Å². The minimum Gasteiger partial charge on any atom is -0.466 e. The molecule has 0 aromatic rings. The number of esters is 5. The Morgan fingerprint density at radius 3 is 1.45 bits per heavy atom. The minimum atomic E-state index is -1.06. The second-order valence-electron chi connectivity index (χ2n) is 11.0. The summed E-state index contributed by atoms with van der Waals surface area (Å²) in [6.07, 6.45) is 8.78. The van der Waals surface area contributed by atoms with Crippen LogP contribution in [0.4, 0.5) is 0 Å². The predicted molar refractivity (Wildman–Crippen MR) is 167 cm³/mol. The fourth-order valence-electron chi connectivity index (χ4n) is 4.18. The lowest BCUT2D eigenvalue weighted by Gasteiger charge is -2.23. The predicted octanol–water partition coefficient (Wildman–Crippen LogP) is 5.60. The van der Waals surface area contributed by atoms with Crippen molar-refractivity contribution in [2.45, 2.75) is 143 Å². The van der Waals surface area contributed by atoms with Crippen molar-refractivity contribution in [3.8, 4) is 0 Å². The van der Waals surface area contributed by atoms with Gasteiger partial charge in [-0.05, 0) is 45.4 Å². The van der Waals surface area contributed by atoms with E-state index in [1.807, 2.05) is 27.7 Å². The number of hydrogen-bond acceptors (Lipinski definition) is 11. The third-order valence-corrected chi connectivity index (χ3v) is 6.93. The van der Waals surface area contributed by atoms with Crippen molar-refractivity contribution in [3.05, 3.63) is 0 Å². The second kappa shape index (κ2) is 27.8. The molecule has 0 saturated carbocycles. The largest absolute Gasteiger partial charge is 0.466 e. The van der Waals surface area contributed by atoms with Crippen LogP contribution < -0.4 is 5.32 Å². The average molecular weight is 630 g/mol. The summed E-state index contributed by atoms with van der Waals surface area (Å²) in [6, 6.07) is -1.90. The molecular formula is C33H59NO10. The lowest BCUT2D eigenvalue weighted by Crippen LogP contribution is -2.49. The van der Waals surface area contributed by atoms with E-state index in [1.165, 1.54) is 0 Å². The normalized spacial score (nSPS) is 12.9. The molecule has 0 aromatic heterocycles. The molecule has 0 spiro atoms. The smallest absolute Gasteiger partial charge is 0.323 e. The van der Waals surface area contributed by atoms with E-state index in [0.717, 1.165) is 38.5 Å². The van der Waals surface area contributed by atoms with E-state index in [4.69, 9.17) is 23.7 Å². The molecule has 44 heavy (non-hydrogen) atoms. The molecule has 0 aliphatic heterocycles. The van der Waals surface area contributed by atoms with Crippen molar-refractivity contribution in [3.63, 3.8) is 0 Å². The third-order valence-electron chi connectivity index (χ3n) is 6.93. The van der Waals surface area contributed by atoms with Crippen LogP contribution in [0.2, 0.25) is 0 Å². The highest BCUT2D eigenvalue weighted by atomic mass is 16.6. The van der Waals surface area contributed by atoms with Gasteiger partial charge in [0.25, 0.3) is 0 Å². The number of hydrogen-bond donors (Lipinski definition) is 1.